The molecule has 32 heavy (non-hydrogen) atoms. The number of aromatic nitrogens is 2. The van der Waals surface area contributed by atoms with Crippen molar-refractivity contribution in [3.8, 4) is 11.4 Å². The van der Waals surface area contributed by atoms with Gasteiger partial charge in [0.1, 0.15) is 12.4 Å². The molecule has 2 N–H and O–H groups in total. The molecule has 0 aliphatic carbocycles. The van der Waals surface area contributed by atoms with Gasteiger partial charge >= 0.3 is 0 Å². The monoisotopic (exact) mass is 497 g/mol. The molecular weight excluding hydrogens is 477 g/mol. The van der Waals surface area contributed by atoms with Crippen LogP contribution in [-0.2, 0) is 11.2 Å². The van der Waals surface area contributed by atoms with Gasteiger partial charge in [0.2, 0.25) is 5.91 Å². The van der Waals surface area contributed by atoms with Crippen molar-refractivity contribution < 1.29 is 14.6 Å². The van der Waals surface area contributed by atoms with Crippen LogP contribution < -0.4 is 15.5 Å². The van der Waals surface area contributed by atoms with E-state index in [9.17, 15) is 9.59 Å². The fourth-order valence-electron chi connectivity index (χ4n) is 3.50. The van der Waals surface area contributed by atoms with Crippen molar-refractivity contribution in [1.82, 2.24) is 14.9 Å². The van der Waals surface area contributed by atoms with Crippen molar-refractivity contribution in [3.63, 3.8) is 0 Å². The van der Waals surface area contributed by atoms with E-state index in [0.717, 1.165) is 0 Å². The molecule has 0 bridgehead atoms. The van der Waals surface area contributed by atoms with E-state index in [0.29, 0.717) is 63.2 Å². The molecule has 0 saturated carbocycles. The van der Waals surface area contributed by atoms with Crippen LogP contribution >= 0.6 is 34.8 Å². The van der Waals surface area contributed by atoms with Gasteiger partial charge in [0.25, 0.3) is 0 Å². The van der Waals surface area contributed by atoms with Crippen molar-refractivity contribution in [2.45, 2.75) is 26.7 Å². The molecule has 0 radical (unpaired) electrons. The molecule has 2 heterocycles. The summed E-state index contributed by atoms with van der Waals surface area (Å²) in [6, 6.07) is 4.66. The van der Waals surface area contributed by atoms with E-state index in [1.807, 2.05) is 0 Å². The fraction of sp³-hybridized carbons (Fsp3) is 0.318. The lowest BCUT2D eigenvalue weighted by Crippen LogP contribution is -2.21. The summed E-state index contributed by atoms with van der Waals surface area (Å²) in [6.45, 7) is 3.63. The Hall–Kier alpha value is -2.32. The summed E-state index contributed by atoms with van der Waals surface area (Å²) in [4.78, 5) is 28.4. The standard InChI is InChI=1S/C22H22Cl3N3O4/c1-12-8-19(31)20-18(4-3-5-26-13(2)30)27-11-17(25)22(20)28(12)21-15(23)9-14(10-16(21)24)32-7-6-29/h8-11,29H,3-7H2,1-2H3,(H,26,30). The first kappa shape index (κ1) is 24.3. The van der Waals surface area contributed by atoms with E-state index in [1.165, 1.54) is 19.2 Å². The second-order valence-corrected chi connectivity index (χ2v) is 8.38. The first-order valence-electron chi connectivity index (χ1n) is 9.91. The van der Waals surface area contributed by atoms with Gasteiger partial charge in [-0.2, -0.15) is 0 Å². The highest BCUT2D eigenvalue weighted by atomic mass is 35.5. The topological polar surface area (TPSA) is 93.5 Å². The number of benzene rings is 1. The summed E-state index contributed by atoms with van der Waals surface area (Å²) >= 11 is 19.6. The van der Waals surface area contributed by atoms with Gasteiger partial charge in [-0.25, -0.2) is 0 Å². The number of fused-ring (bicyclic) bond motifs is 1. The molecule has 2 aromatic heterocycles. The van der Waals surface area contributed by atoms with Crippen molar-refractivity contribution in [1.29, 1.82) is 0 Å². The van der Waals surface area contributed by atoms with Crippen LogP contribution in [0.1, 0.15) is 24.7 Å². The smallest absolute Gasteiger partial charge is 0.216 e. The van der Waals surface area contributed by atoms with Crippen molar-refractivity contribution in [3.05, 3.63) is 61.1 Å². The van der Waals surface area contributed by atoms with Crippen LogP contribution in [0, 0.1) is 6.92 Å². The molecular formula is C22H22Cl3N3O4. The predicted molar refractivity (Wildman–Crippen MR) is 127 cm³/mol. The maximum absolute atomic E-state index is 12.9. The summed E-state index contributed by atoms with van der Waals surface area (Å²) in [7, 11) is 0. The van der Waals surface area contributed by atoms with E-state index in [1.54, 1.807) is 23.6 Å². The van der Waals surface area contributed by atoms with Gasteiger partial charge in [0.15, 0.2) is 5.43 Å². The van der Waals surface area contributed by atoms with Crippen LogP contribution in [-0.4, -0.2) is 40.3 Å². The Bertz CT molecular complexity index is 1200. The molecule has 1 aromatic carbocycles. The van der Waals surface area contributed by atoms with Crippen molar-refractivity contribution in [2.75, 3.05) is 19.8 Å². The highest BCUT2D eigenvalue weighted by Crippen LogP contribution is 2.37. The van der Waals surface area contributed by atoms with Crippen LogP contribution in [0.15, 0.2) is 29.2 Å². The number of halogens is 3. The molecule has 0 unspecified atom stereocenters. The lowest BCUT2D eigenvalue weighted by Gasteiger charge is -2.20. The SMILES string of the molecule is CC(=O)NCCCc1ncc(Cl)c2c1c(=O)cc(C)n2-c1c(Cl)cc(OCCO)cc1Cl. The third kappa shape index (κ3) is 5.18. The van der Waals surface area contributed by atoms with Gasteiger partial charge in [-0.3, -0.25) is 14.6 Å². The maximum atomic E-state index is 12.9. The zero-order chi connectivity index (χ0) is 23.4. The number of pyridine rings is 2. The number of nitrogens with one attached hydrogen (secondary N) is 1. The number of ether oxygens (including phenoxy) is 1. The molecule has 1 amide bonds. The molecule has 3 rings (SSSR count). The summed E-state index contributed by atoms with van der Waals surface area (Å²) < 4.78 is 7.15. The van der Waals surface area contributed by atoms with Gasteiger partial charge < -0.3 is 19.7 Å². The average Bonchev–Trinajstić information content (AvgIpc) is 2.72. The average molecular weight is 499 g/mol. The first-order chi connectivity index (χ1) is 15.2. The highest BCUT2D eigenvalue weighted by molar-refractivity contribution is 6.38. The Kier molecular flexibility index (Phi) is 8.00. The number of amides is 1. The number of aliphatic hydroxyl groups is 1. The Labute approximate surface area is 199 Å². The van der Waals surface area contributed by atoms with Gasteiger partial charge in [-0.1, -0.05) is 34.8 Å². The quantitative estimate of drug-likeness (QED) is 0.456. The molecule has 0 fully saturated rings. The Morgan fingerprint density at radius 2 is 1.88 bits per heavy atom. The zero-order valence-corrected chi connectivity index (χ0v) is 19.8. The molecule has 3 aromatic rings. The minimum absolute atomic E-state index is 0.103. The van der Waals surface area contributed by atoms with Crippen molar-refractivity contribution >= 4 is 51.6 Å². The lowest BCUT2D eigenvalue weighted by atomic mass is 10.1. The number of hydrogen-bond donors (Lipinski definition) is 2. The van der Waals surface area contributed by atoms with E-state index in [2.05, 4.69) is 10.3 Å². The normalized spacial score (nSPS) is 11.1. The van der Waals surface area contributed by atoms with Crippen LogP contribution in [0.3, 0.4) is 0 Å². The second-order valence-electron chi connectivity index (χ2n) is 7.16. The number of hydrogen-bond acceptors (Lipinski definition) is 5. The number of aryl methyl sites for hydroxylation is 2. The Morgan fingerprint density at radius 3 is 2.50 bits per heavy atom. The van der Waals surface area contributed by atoms with Crippen LogP contribution in [0.2, 0.25) is 15.1 Å². The van der Waals surface area contributed by atoms with E-state index >= 15 is 0 Å². The summed E-state index contributed by atoms with van der Waals surface area (Å²) in [5, 5.41) is 12.9. The molecule has 0 aliphatic heterocycles. The Balaban J connectivity index is 2.18. The van der Waals surface area contributed by atoms with Gasteiger partial charge in [-0.15, -0.1) is 0 Å². The number of carbonyl (C=O) groups excluding carboxylic acids is 1. The summed E-state index contributed by atoms with van der Waals surface area (Å²) in [5.74, 6) is 0.292. The zero-order valence-electron chi connectivity index (χ0n) is 17.5. The Morgan fingerprint density at radius 1 is 1.19 bits per heavy atom. The third-order valence-corrected chi connectivity index (χ3v) is 5.64. The minimum Gasteiger partial charge on any atom is -0.491 e. The number of carbonyl (C=O) groups is 1. The number of rotatable bonds is 8. The molecule has 170 valence electrons. The first-order valence-corrected chi connectivity index (χ1v) is 11.0. The van der Waals surface area contributed by atoms with Gasteiger partial charge in [-0.05, 0) is 19.8 Å². The minimum atomic E-state index is -0.214. The molecule has 10 heteroatoms. The predicted octanol–water partition coefficient (Wildman–Crippen LogP) is 4.09. The summed E-state index contributed by atoms with van der Waals surface area (Å²) in [6.07, 6.45) is 2.57. The number of aliphatic hydroxyl groups excluding tert-OH is 1. The van der Waals surface area contributed by atoms with Crippen LogP contribution in [0.25, 0.3) is 16.6 Å². The largest absolute Gasteiger partial charge is 0.491 e. The van der Waals surface area contributed by atoms with Crippen molar-refractivity contribution in [2.24, 2.45) is 0 Å². The maximum Gasteiger partial charge on any atom is 0.216 e. The van der Waals surface area contributed by atoms with E-state index < -0.39 is 0 Å². The fourth-order valence-corrected chi connectivity index (χ4v) is 4.36. The molecule has 0 atom stereocenters. The molecule has 0 aliphatic rings. The van der Waals surface area contributed by atoms with E-state index in [-0.39, 0.29) is 29.6 Å². The van der Waals surface area contributed by atoms with Crippen LogP contribution in [0.4, 0.5) is 0 Å². The van der Waals surface area contributed by atoms with Crippen LogP contribution in [0.5, 0.6) is 5.75 Å². The molecule has 7 nitrogen and oxygen atoms in total. The van der Waals surface area contributed by atoms with E-state index in [4.69, 9.17) is 44.6 Å². The van der Waals surface area contributed by atoms with Gasteiger partial charge in [0, 0.05) is 43.6 Å². The molecule has 0 saturated heterocycles. The highest BCUT2D eigenvalue weighted by Gasteiger charge is 2.20. The third-order valence-electron chi connectivity index (χ3n) is 4.79. The second kappa shape index (κ2) is 10.5. The molecule has 0 spiro atoms. The van der Waals surface area contributed by atoms with Gasteiger partial charge in [0.05, 0.1) is 44.0 Å². The summed E-state index contributed by atoms with van der Waals surface area (Å²) in [5.41, 5.74) is 1.85. The lowest BCUT2D eigenvalue weighted by molar-refractivity contribution is -0.118. The number of nitrogens with zero attached hydrogens (tertiary/aromatic N) is 2.